The lowest BCUT2D eigenvalue weighted by Crippen LogP contribution is -2.08. The second-order valence-corrected chi connectivity index (χ2v) is 4.98. The molecule has 0 saturated heterocycles. The van der Waals surface area contributed by atoms with Crippen LogP contribution in [-0.2, 0) is 12.8 Å². The maximum atomic E-state index is 5.94. The van der Waals surface area contributed by atoms with Gasteiger partial charge in [-0.25, -0.2) is 4.98 Å². The molecule has 4 N–H and O–H groups in total. The van der Waals surface area contributed by atoms with Crippen LogP contribution in [0.4, 0.5) is 11.8 Å². The maximum absolute atomic E-state index is 5.94. The molecule has 2 heterocycles. The first-order valence-corrected chi connectivity index (χ1v) is 6.53. The van der Waals surface area contributed by atoms with Crippen molar-refractivity contribution in [1.29, 1.82) is 0 Å². The van der Waals surface area contributed by atoms with Crippen molar-refractivity contribution in [2.45, 2.75) is 12.8 Å². The van der Waals surface area contributed by atoms with Gasteiger partial charge in [-0.05, 0) is 30.0 Å². The van der Waals surface area contributed by atoms with Gasteiger partial charge in [0.15, 0.2) is 5.65 Å². The lowest BCUT2D eigenvalue weighted by molar-refractivity contribution is 0.901. The number of nitrogens with two attached hydrogens (primary N) is 2. The number of benzene rings is 1. The maximum Gasteiger partial charge on any atom is 0.224 e. The van der Waals surface area contributed by atoms with E-state index in [0.29, 0.717) is 11.5 Å². The average Bonchev–Trinajstić information content (AvgIpc) is 2.45. The summed E-state index contributed by atoms with van der Waals surface area (Å²) in [7, 11) is 0. The summed E-state index contributed by atoms with van der Waals surface area (Å²) in [4.78, 5) is 12.8. The summed E-state index contributed by atoms with van der Waals surface area (Å²) >= 11 is 0. The first-order chi connectivity index (χ1) is 9.72. The van der Waals surface area contributed by atoms with Crippen molar-refractivity contribution in [3.63, 3.8) is 0 Å². The number of hydrogen-bond donors (Lipinski definition) is 2. The minimum Gasteiger partial charge on any atom is -0.383 e. The number of anilines is 2. The lowest BCUT2D eigenvalue weighted by atomic mass is 9.88. The average molecular weight is 263 g/mol. The van der Waals surface area contributed by atoms with E-state index in [4.69, 9.17) is 11.5 Å². The van der Waals surface area contributed by atoms with Crippen molar-refractivity contribution in [3.05, 3.63) is 41.6 Å². The molecule has 3 aromatic rings. The molecule has 1 aromatic carbocycles. The monoisotopic (exact) mass is 263 g/mol. The van der Waals surface area contributed by atoms with E-state index in [9.17, 15) is 0 Å². The van der Waals surface area contributed by atoms with Crippen LogP contribution in [0.25, 0.3) is 22.2 Å². The number of fused-ring (bicyclic) bond motifs is 4. The van der Waals surface area contributed by atoms with E-state index in [1.165, 1.54) is 11.1 Å². The van der Waals surface area contributed by atoms with Crippen molar-refractivity contribution >= 4 is 22.8 Å². The van der Waals surface area contributed by atoms with Crippen LogP contribution in [0.1, 0.15) is 11.3 Å². The molecule has 0 amide bonds. The third-order valence-electron chi connectivity index (χ3n) is 3.75. The smallest absolute Gasteiger partial charge is 0.224 e. The Morgan fingerprint density at radius 3 is 2.65 bits per heavy atom. The van der Waals surface area contributed by atoms with Crippen LogP contribution in [0, 0.1) is 0 Å². The summed E-state index contributed by atoms with van der Waals surface area (Å²) in [5.41, 5.74) is 16.9. The molecule has 0 spiro atoms. The predicted octanol–water partition coefficient (Wildman–Crippen LogP) is 1.95. The third-order valence-corrected chi connectivity index (χ3v) is 3.75. The van der Waals surface area contributed by atoms with E-state index >= 15 is 0 Å². The minimum absolute atomic E-state index is 0.165. The summed E-state index contributed by atoms with van der Waals surface area (Å²) in [5, 5.41) is 0.759. The molecule has 4 rings (SSSR count). The molecular formula is C15H13N5. The van der Waals surface area contributed by atoms with Gasteiger partial charge in [0.25, 0.3) is 0 Å². The van der Waals surface area contributed by atoms with Crippen molar-refractivity contribution in [1.82, 2.24) is 15.0 Å². The van der Waals surface area contributed by atoms with E-state index in [1.54, 1.807) is 0 Å². The van der Waals surface area contributed by atoms with E-state index in [2.05, 4.69) is 33.2 Å². The van der Waals surface area contributed by atoms with Gasteiger partial charge in [0.2, 0.25) is 5.95 Å². The highest BCUT2D eigenvalue weighted by molar-refractivity contribution is 5.91. The van der Waals surface area contributed by atoms with Crippen LogP contribution in [0.2, 0.25) is 0 Å². The fraction of sp³-hybridized carbons (Fsp3) is 0.133. The van der Waals surface area contributed by atoms with Crippen LogP contribution >= 0.6 is 0 Å². The molecule has 0 aliphatic heterocycles. The molecule has 20 heavy (non-hydrogen) atoms. The Morgan fingerprint density at radius 1 is 0.900 bits per heavy atom. The summed E-state index contributed by atoms with van der Waals surface area (Å²) in [6.45, 7) is 0. The Morgan fingerprint density at radius 2 is 1.75 bits per heavy atom. The van der Waals surface area contributed by atoms with Gasteiger partial charge in [0, 0.05) is 5.56 Å². The number of aromatic nitrogens is 3. The topological polar surface area (TPSA) is 90.7 Å². The van der Waals surface area contributed by atoms with E-state index in [-0.39, 0.29) is 5.95 Å². The van der Waals surface area contributed by atoms with E-state index in [1.807, 2.05) is 12.1 Å². The van der Waals surface area contributed by atoms with Gasteiger partial charge in [0.05, 0.1) is 11.1 Å². The zero-order chi connectivity index (χ0) is 13.7. The molecule has 98 valence electrons. The second-order valence-electron chi connectivity index (χ2n) is 4.98. The Bertz CT molecular complexity index is 841. The van der Waals surface area contributed by atoms with Crippen LogP contribution < -0.4 is 11.5 Å². The van der Waals surface area contributed by atoms with Crippen molar-refractivity contribution in [2.75, 3.05) is 11.5 Å². The molecule has 0 atom stereocenters. The molecule has 1 aliphatic carbocycles. The first-order valence-electron chi connectivity index (χ1n) is 6.53. The van der Waals surface area contributed by atoms with Gasteiger partial charge in [-0.2, -0.15) is 9.97 Å². The van der Waals surface area contributed by atoms with E-state index < -0.39 is 0 Å². The number of nitrogens with zero attached hydrogens (tertiary/aromatic N) is 3. The highest BCUT2D eigenvalue weighted by Gasteiger charge is 2.19. The molecule has 0 radical (unpaired) electrons. The fourth-order valence-electron chi connectivity index (χ4n) is 2.81. The van der Waals surface area contributed by atoms with Crippen LogP contribution in [-0.4, -0.2) is 15.0 Å². The Balaban J connectivity index is 2.06. The van der Waals surface area contributed by atoms with Gasteiger partial charge in [-0.3, -0.25) is 0 Å². The Hall–Kier alpha value is -2.69. The normalized spacial score (nSPS) is 13.0. The second kappa shape index (κ2) is 3.90. The van der Waals surface area contributed by atoms with Crippen molar-refractivity contribution in [3.8, 4) is 11.1 Å². The summed E-state index contributed by atoms with van der Waals surface area (Å²) in [5.74, 6) is 0.546. The predicted molar refractivity (Wildman–Crippen MR) is 79.0 cm³/mol. The quantitative estimate of drug-likeness (QED) is 0.647. The highest BCUT2D eigenvalue weighted by Crippen LogP contribution is 2.35. The molecule has 0 fully saturated rings. The molecular weight excluding hydrogens is 250 g/mol. The zero-order valence-electron chi connectivity index (χ0n) is 10.8. The molecule has 0 unspecified atom stereocenters. The Labute approximate surface area is 115 Å². The SMILES string of the molecule is Nc1nc(N)c2cc3c(nc2n1)CCc1ccccc1-3. The third kappa shape index (κ3) is 1.53. The number of hydrogen-bond acceptors (Lipinski definition) is 5. The van der Waals surface area contributed by atoms with Crippen LogP contribution in [0.5, 0.6) is 0 Å². The molecule has 5 nitrogen and oxygen atoms in total. The standard InChI is InChI=1S/C15H13N5/c16-13-11-7-10-9-4-2-1-3-8(9)5-6-12(10)18-14(11)20-15(17)19-13/h1-4,7H,5-6H2,(H4,16,17,18,19,20). The first kappa shape index (κ1) is 11.2. The van der Waals surface area contributed by atoms with Crippen molar-refractivity contribution < 1.29 is 0 Å². The van der Waals surface area contributed by atoms with Crippen molar-refractivity contribution in [2.24, 2.45) is 0 Å². The molecule has 0 bridgehead atoms. The van der Waals surface area contributed by atoms with Gasteiger partial charge in [0.1, 0.15) is 5.82 Å². The summed E-state index contributed by atoms with van der Waals surface area (Å²) < 4.78 is 0. The number of pyridine rings is 1. The highest BCUT2D eigenvalue weighted by atomic mass is 15.1. The molecule has 5 heteroatoms. The van der Waals surface area contributed by atoms with Gasteiger partial charge in [-0.15, -0.1) is 0 Å². The Kier molecular flexibility index (Phi) is 2.18. The minimum atomic E-state index is 0.165. The zero-order valence-corrected chi connectivity index (χ0v) is 10.8. The van der Waals surface area contributed by atoms with E-state index in [0.717, 1.165) is 29.5 Å². The largest absolute Gasteiger partial charge is 0.383 e. The van der Waals surface area contributed by atoms with Gasteiger partial charge < -0.3 is 11.5 Å². The number of rotatable bonds is 0. The molecule has 2 aromatic heterocycles. The molecule has 0 saturated carbocycles. The number of nitrogen functional groups attached to an aromatic ring is 2. The van der Waals surface area contributed by atoms with Crippen LogP contribution in [0.3, 0.4) is 0 Å². The molecule has 1 aliphatic rings. The van der Waals surface area contributed by atoms with Crippen LogP contribution in [0.15, 0.2) is 30.3 Å². The summed E-state index contributed by atoms with van der Waals surface area (Å²) in [6.07, 6.45) is 1.91. The summed E-state index contributed by atoms with van der Waals surface area (Å²) in [6, 6.07) is 10.4. The van der Waals surface area contributed by atoms with Gasteiger partial charge >= 0.3 is 0 Å². The number of aryl methyl sites for hydroxylation is 2. The lowest BCUT2D eigenvalue weighted by Gasteiger charge is -2.19. The fourth-order valence-corrected chi connectivity index (χ4v) is 2.81. The van der Waals surface area contributed by atoms with Gasteiger partial charge in [-0.1, -0.05) is 24.3 Å².